The minimum Gasteiger partial charge on any atom is -0.356 e. The van der Waals surface area contributed by atoms with E-state index in [0.29, 0.717) is 30.1 Å². The minimum absolute atomic E-state index is 0.0838. The van der Waals surface area contributed by atoms with Gasteiger partial charge in [0.2, 0.25) is 0 Å². The summed E-state index contributed by atoms with van der Waals surface area (Å²) in [5.74, 6) is 2.47. The SMILES string of the molecule is COC(C)O[C@@]12C[C@@H]1C[C@H]1[C@@H]3CCC4=CC(=O)CCC4=C3[C@@H](c3ccc(C(C)=O)cc3)C[C@@]12C. The second-order valence-corrected chi connectivity index (χ2v) is 11.6. The third kappa shape index (κ3) is 3.10. The van der Waals surface area contributed by atoms with E-state index in [9.17, 15) is 9.59 Å². The van der Waals surface area contributed by atoms with Gasteiger partial charge in [-0.3, -0.25) is 9.59 Å². The fraction of sp³-hybridized carbons (Fsp3) is 0.600. The summed E-state index contributed by atoms with van der Waals surface area (Å²) < 4.78 is 12.3. The summed E-state index contributed by atoms with van der Waals surface area (Å²) >= 11 is 0. The number of Topliss-reactive ketones (excluding diaryl/α,β-unsaturated/α-hetero) is 1. The molecule has 1 aromatic rings. The van der Waals surface area contributed by atoms with Gasteiger partial charge in [-0.05, 0) is 92.9 Å². The van der Waals surface area contributed by atoms with Crippen LogP contribution in [0, 0.1) is 23.2 Å². The molecule has 3 saturated carbocycles. The van der Waals surface area contributed by atoms with Crippen LogP contribution in [0.15, 0.2) is 47.1 Å². The van der Waals surface area contributed by atoms with Crippen molar-refractivity contribution in [2.45, 2.75) is 83.5 Å². The van der Waals surface area contributed by atoms with Crippen molar-refractivity contribution in [3.05, 3.63) is 58.2 Å². The van der Waals surface area contributed by atoms with Crippen molar-refractivity contribution in [1.82, 2.24) is 0 Å². The average molecular weight is 461 g/mol. The maximum absolute atomic E-state index is 12.2. The Hall–Kier alpha value is -2.04. The van der Waals surface area contributed by atoms with E-state index in [1.165, 1.54) is 23.1 Å². The first-order valence-electron chi connectivity index (χ1n) is 13.1. The van der Waals surface area contributed by atoms with Gasteiger partial charge in [-0.25, -0.2) is 0 Å². The van der Waals surface area contributed by atoms with Crippen LogP contribution in [0.3, 0.4) is 0 Å². The standard InChI is InChI=1S/C30H36O4/c1-17(31)19-5-7-20(8-6-19)26-16-29(3)27(14-22-15-30(22,29)34-18(2)33-4)25-11-9-21-13-23(32)10-12-24(21)28(25)26/h5-8,13,18,22,25-27H,9-12,14-16H2,1-4H3/t18?,22-,25-,26+,27-,29-,30-/m0/s1. The molecule has 4 nitrogen and oxygen atoms in total. The van der Waals surface area contributed by atoms with Gasteiger partial charge in [0.1, 0.15) is 0 Å². The van der Waals surface area contributed by atoms with Crippen LogP contribution in [0.1, 0.15) is 87.6 Å². The number of ether oxygens (including phenoxy) is 2. The molecule has 0 N–H and O–H groups in total. The average Bonchev–Trinajstić information content (AvgIpc) is 3.47. The highest BCUT2D eigenvalue weighted by Crippen LogP contribution is 2.77. The summed E-state index contributed by atoms with van der Waals surface area (Å²) in [4.78, 5) is 24.2. The van der Waals surface area contributed by atoms with Gasteiger partial charge in [0.05, 0.1) is 5.60 Å². The summed E-state index contributed by atoms with van der Waals surface area (Å²) in [6, 6.07) is 8.33. The van der Waals surface area contributed by atoms with E-state index in [1.54, 1.807) is 19.6 Å². The van der Waals surface area contributed by atoms with Crippen molar-refractivity contribution < 1.29 is 19.1 Å². The maximum atomic E-state index is 12.2. The predicted molar refractivity (Wildman–Crippen MR) is 130 cm³/mol. The van der Waals surface area contributed by atoms with Crippen LogP contribution in [-0.4, -0.2) is 30.6 Å². The number of rotatable bonds is 5. The van der Waals surface area contributed by atoms with E-state index >= 15 is 0 Å². The Morgan fingerprint density at radius 2 is 1.88 bits per heavy atom. The highest BCUT2D eigenvalue weighted by molar-refractivity contribution is 5.94. The zero-order valence-corrected chi connectivity index (χ0v) is 20.9. The van der Waals surface area contributed by atoms with E-state index in [0.717, 1.165) is 37.7 Å². The molecular formula is C30H36O4. The summed E-state index contributed by atoms with van der Waals surface area (Å²) in [6.45, 7) is 6.13. The predicted octanol–water partition coefficient (Wildman–Crippen LogP) is 6.17. The molecule has 1 unspecified atom stereocenters. The summed E-state index contributed by atoms with van der Waals surface area (Å²) in [5.41, 5.74) is 6.43. The fourth-order valence-electron chi connectivity index (χ4n) is 8.39. The Morgan fingerprint density at radius 1 is 1.12 bits per heavy atom. The molecule has 0 bridgehead atoms. The normalized spacial score (nSPS) is 38.9. The number of hydrogen-bond donors (Lipinski definition) is 0. The lowest BCUT2D eigenvalue weighted by Gasteiger charge is -2.54. The third-order valence-electron chi connectivity index (χ3n) is 10.1. The Kier molecular flexibility index (Phi) is 5.10. The summed E-state index contributed by atoms with van der Waals surface area (Å²) in [5, 5.41) is 0. The summed E-state index contributed by atoms with van der Waals surface area (Å²) in [7, 11) is 1.73. The molecule has 7 atom stereocenters. The molecule has 4 heteroatoms. The maximum Gasteiger partial charge on any atom is 0.159 e. The fourth-order valence-corrected chi connectivity index (χ4v) is 8.39. The van der Waals surface area contributed by atoms with Crippen LogP contribution in [0.2, 0.25) is 0 Å². The van der Waals surface area contributed by atoms with Gasteiger partial charge < -0.3 is 9.47 Å². The Morgan fingerprint density at radius 3 is 2.59 bits per heavy atom. The molecule has 180 valence electrons. The van der Waals surface area contributed by atoms with Crippen molar-refractivity contribution in [2.24, 2.45) is 23.2 Å². The molecule has 0 saturated heterocycles. The van der Waals surface area contributed by atoms with Gasteiger partial charge in [-0.2, -0.15) is 0 Å². The third-order valence-corrected chi connectivity index (χ3v) is 10.1. The van der Waals surface area contributed by atoms with Crippen LogP contribution in [0.4, 0.5) is 0 Å². The van der Waals surface area contributed by atoms with E-state index in [-0.39, 0.29) is 28.9 Å². The van der Waals surface area contributed by atoms with E-state index < -0.39 is 0 Å². The second-order valence-electron chi connectivity index (χ2n) is 11.6. The van der Waals surface area contributed by atoms with Gasteiger partial charge in [0.15, 0.2) is 17.9 Å². The molecule has 6 rings (SSSR count). The number of ketones is 2. The molecule has 0 aromatic heterocycles. The smallest absolute Gasteiger partial charge is 0.159 e. The molecule has 5 aliphatic carbocycles. The van der Waals surface area contributed by atoms with Gasteiger partial charge in [0, 0.05) is 30.4 Å². The number of carbonyl (C=O) groups excluding carboxylic acids is 2. The number of benzene rings is 1. The van der Waals surface area contributed by atoms with Crippen LogP contribution in [-0.2, 0) is 14.3 Å². The van der Waals surface area contributed by atoms with Gasteiger partial charge in [-0.1, -0.05) is 36.8 Å². The van der Waals surface area contributed by atoms with E-state index in [4.69, 9.17) is 9.47 Å². The lowest BCUT2D eigenvalue weighted by molar-refractivity contribution is -0.198. The van der Waals surface area contributed by atoms with Crippen molar-refractivity contribution >= 4 is 11.6 Å². The molecule has 0 radical (unpaired) electrons. The number of methoxy groups -OCH3 is 1. The van der Waals surface area contributed by atoms with Gasteiger partial charge in [0.25, 0.3) is 0 Å². The zero-order valence-electron chi connectivity index (χ0n) is 20.9. The topological polar surface area (TPSA) is 52.6 Å². The first kappa shape index (κ1) is 22.4. The van der Waals surface area contributed by atoms with Crippen LogP contribution in [0.5, 0.6) is 0 Å². The Balaban J connectivity index is 1.47. The molecule has 0 aliphatic heterocycles. The van der Waals surface area contributed by atoms with E-state index in [1.807, 2.05) is 25.1 Å². The van der Waals surface area contributed by atoms with Crippen molar-refractivity contribution in [2.75, 3.05) is 7.11 Å². The molecule has 1 aromatic carbocycles. The Bertz CT molecular complexity index is 1110. The minimum atomic E-state index is -0.195. The number of carbonyl (C=O) groups is 2. The van der Waals surface area contributed by atoms with E-state index in [2.05, 4.69) is 19.1 Å². The number of fused-ring (bicyclic) bond motifs is 6. The lowest BCUT2D eigenvalue weighted by atomic mass is 9.51. The van der Waals surface area contributed by atoms with Crippen molar-refractivity contribution in [1.29, 1.82) is 0 Å². The zero-order chi connectivity index (χ0) is 23.8. The molecule has 0 spiro atoms. The number of hydrogen-bond acceptors (Lipinski definition) is 4. The quantitative estimate of drug-likeness (QED) is 0.390. The van der Waals surface area contributed by atoms with Crippen LogP contribution in [0.25, 0.3) is 0 Å². The number of allylic oxidation sites excluding steroid dienone is 4. The van der Waals surface area contributed by atoms with Gasteiger partial charge in [-0.15, -0.1) is 0 Å². The highest BCUT2D eigenvalue weighted by atomic mass is 16.7. The first-order valence-corrected chi connectivity index (χ1v) is 13.1. The first-order chi connectivity index (χ1) is 16.3. The van der Waals surface area contributed by atoms with Crippen LogP contribution >= 0.6 is 0 Å². The molecular weight excluding hydrogens is 424 g/mol. The lowest BCUT2D eigenvalue weighted by Crippen LogP contribution is -2.49. The molecule has 34 heavy (non-hydrogen) atoms. The Labute approximate surface area is 202 Å². The largest absolute Gasteiger partial charge is 0.356 e. The molecule has 3 fully saturated rings. The van der Waals surface area contributed by atoms with Crippen molar-refractivity contribution in [3.63, 3.8) is 0 Å². The monoisotopic (exact) mass is 460 g/mol. The van der Waals surface area contributed by atoms with Crippen molar-refractivity contribution in [3.8, 4) is 0 Å². The molecule has 0 heterocycles. The molecule has 5 aliphatic rings. The second kappa shape index (κ2) is 7.73. The highest BCUT2D eigenvalue weighted by Gasteiger charge is 2.76. The summed E-state index contributed by atoms with van der Waals surface area (Å²) in [6.07, 6.45) is 8.84. The molecule has 0 amide bonds. The van der Waals surface area contributed by atoms with Gasteiger partial charge >= 0.3 is 0 Å². The van der Waals surface area contributed by atoms with Crippen LogP contribution < -0.4 is 0 Å².